The van der Waals surface area contributed by atoms with Crippen LogP contribution in [-0.4, -0.2) is 42.5 Å². The quantitative estimate of drug-likeness (QED) is 0.860. The summed E-state index contributed by atoms with van der Waals surface area (Å²) in [7, 11) is 0. The number of nitrogens with zero attached hydrogens (tertiary/aromatic N) is 1. The van der Waals surface area contributed by atoms with Crippen molar-refractivity contribution in [2.24, 2.45) is 0 Å². The normalized spacial score (nSPS) is 21.5. The lowest BCUT2D eigenvalue weighted by atomic mass is 9.99. The van der Waals surface area contributed by atoms with Crippen molar-refractivity contribution < 1.29 is 14.3 Å². The fraction of sp³-hybridized carbons (Fsp3) is 0.364. The Morgan fingerprint density at radius 2 is 2.00 bits per heavy atom. The molecule has 0 saturated carbocycles. The summed E-state index contributed by atoms with van der Waals surface area (Å²) in [5.41, 5.74) is 3.43. The summed E-state index contributed by atoms with van der Waals surface area (Å²) in [5.74, 6) is 0.178. The molecule has 2 aliphatic heterocycles. The Balaban J connectivity index is 1.66. The van der Waals surface area contributed by atoms with Gasteiger partial charge in [-0.15, -0.1) is 0 Å². The number of para-hydroxylation sites is 1. The van der Waals surface area contributed by atoms with Crippen LogP contribution >= 0.6 is 0 Å². The Bertz CT molecular complexity index is 894. The molecule has 0 aromatic heterocycles. The minimum atomic E-state index is -0.623. The van der Waals surface area contributed by atoms with Gasteiger partial charge in [-0.1, -0.05) is 37.3 Å². The van der Waals surface area contributed by atoms with Gasteiger partial charge in [-0.2, -0.15) is 0 Å². The molecule has 2 atom stereocenters. The summed E-state index contributed by atoms with van der Waals surface area (Å²) >= 11 is 0. The fourth-order valence-corrected chi connectivity index (χ4v) is 3.77. The van der Waals surface area contributed by atoms with E-state index in [2.05, 4.69) is 41.8 Å². The topological polar surface area (TPSA) is 70.7 Å². The smallest absolute Gasteiger partial charge is 0.265 e. The third-order valence-corrected chi connectivity index (χ3v) is 5.44. The van der Waals surface area contributed by atoms with Crippen LogP contribution in [0, 0.1) is 0 Å². The molecular formula is C22H25N3O3. The second-order valence-corrected chi connectivity index (χ2v) is 7.25. The monoisotopic (exact) mass is 379 g/mol. The van der Waals surface area contributed by atoms with Crippen LogP contribution in [0.2, 0.25) is 0 Å². The number of aryl methyl sites for hydroxylation is 1. The van der Waals surface area contributed by atoms with Gasteiger partial charge in [0.1, 0.15) is 0 Å². The molecular weight excluding hydrogens is 354 g/mol. The van der Waals surface area contributed by atoms with Gasteiger partial charge in [0.15, 0.2) is 11.9 Å². The van der Waals surface area contributed by atoms with E-state index in [-0.39, 0.29) is 17.9 Å². The largest absolute Gasteiger partial charge is 0.478 e. The number of piperazine rings is 1. The lowest BCUT2D eigenvalue weighted by Gasteiger charge is -2.37. The molecule has 1 saturated heterocycles. The maximum atomic E-state index is 13.5. The number of carbonyl (C=O) groups is 2. The van der Waals surface area contributed by atoms with Crippen molar-refractivity contribution in [1.29, 1.82) is 0 Å². The molecule has 2 aliphatic rings. The lowest BCUT2D eigenvalue weighted by Crippen LogP contribution is -2.49. The molecule has 6 nitrogen and oxygen atoms in total. The van der Waals surface area contributed by atoms with Gasteiger partial charge in [0.25, 0.3) is 11.8 Å². The molecule has 2 aromatic rings. The molecule has 2 amide bonds. The van der Waals surface area contributed by atoms with Crippen molar-refractivity contribution in [2.75, 3.05) is 25.0 Å². The summed E-state index contributed by atoms with van der Waals surface area (Å²) < 4.78 is 5.78. The predicted octanol–water partition coefficient (Wildman–Crippen LogP) is 2.76. The van der Waals surface area contributed by atoms with E-state index < -0.39 is 6.10 Å². The number of amides is 2. The molecule has 2 N–H and O–H groups in total. The Morgan fingerprint density at radius 3 is 2.75 bits per heavy atom. The molecule has 2 unspecified atom stereocenters. The van der Waals surface area contributed by atoms with E-state index in [9.17, 15) is 9.59 Å². The predicted molar refractivity (Wildman–Crippen MR) is 108 cm³/mol. The minimum absolute atomic E-state index is 0.0429. The van der Waals surface area contributed by atoms with E-state index in [4.69, 9.17) is 4.74 Å². The van der Waals surface area contributed by atoms with Gasteiger partial charge in [-0.05, 0) is 36.6 Å². The van der Waals surface area contributed by atoms with Crippen molar-refractivity contribution >= 4 is 17.5 Å². The first kappa shape index (κ1) is 18.5. The van der Waals surface area contributed by atoms with Crippen molar-refractivity contribution in [2.45, 2.75) is 32.4 Å². The molecule has 2 aromatic carbocycles. The maximum Gasteiger partial charge on any atom is 0.265 e. The van der Waals surface area contributed by atoms with E-state index in [0.29, 0.717) is 30.1 Å². The summed E-state index contributed by atoms with van der Waals surface area (Å²) in [6.07, 6.45) is 0.366. The summed E-state index contributed by atoms with van der Waals surface area (Å²) in [4.78, 5) is 27.3. The van der Waals surface area contributed by atoms with Gasteiger partial charge in [0, 0.05) is 19.6 Å². The molecule has 6 heteroatoms. The first-order chi connectivity index (χ1) is 13.6. The summed E-state index contributed by atoms with van der Waals surface area (Å²) in [6.45, 7) is 5.89. The molecule has 146 valence electrons. The Labute approximate surface area is 164 Å². The first-order valence-electron chi connectivity index (χ1n) is 9.79. The van der Waals surface area contributed by atoms with Crippen molar-refractivity contribution in [3.05, 3.63) is 59.2 Å². The molecule has 1 fully saturated rings. The van der Waals surface area contributed by atoms with Gasteiger partial charge in [0.05, 0.1) is 17.3 Å². The minimum Gasteiger partial charge on any atom is -0.478 e. The number of carbonyl (C=O) groups excluding carboxylic acids is 2. The van der Waals surface area contributed by atoms with Crippen LogP contribution in [0.25, 0.3) is 0 Å². The number of ether oxygens (including phenoxy) is 1. The van der Waals surface area contributed by atoms with Crippen molar-refractivity contribution in [3.8, 4) is 5.75 Å². The van der Waals surface area contributed by atoms with Gasteiger partial charge in [-0.3, -0.25) is 9.59 Å². The van der Waals surface area contributed by atoms with Gasteiger partial charge in [-0.25, -0.2) is 0 Å². The van der Waals surface area contributed by atoms with Crippen molar-refractivity contribution in [1.82, 2.24) is 10.2 Å². The average Bonchev–Trinajstić information content (AvgIpc) is 2.74. The molecule has 28 heavy (non-hydrogen) atoms. The Morgan fingerprint density at radius 1 is 1.21 bits per heavy atom. The number of anilines is 1. The maximum absolute atomic E-state index is 13.5. The van der Waals surface area contributed by atoms with Gasteiger partial charge in [0.2, 0.25) is 0 Å². The van der Waals surface area contributed by atoms with Crippen LogP contribution in [0.5, 0.6) is 5.75 Å². The van der Waals surface area contributed by atoms with Gasteiger partial charge < -0.3 is 20.3 Å². The number of benzene rings is 2. The number of fused-ring (bicyclic) bond motifs is 1. The number of rotatable bonds is 3. The zero-order valence-electron chi connectivity index (χ0n) is 16.2. The van der Waals surface area contributed by atoms with E-state index in [0.717, 1.165) is 18.5 Å². The Hall–Kier alpha value is -2.86. The second-order valence-electron chi connectivity index (χ2n) is 7.25. The highest BCUT2D eigenvalue weighted by molar-refractivity contribution is 6.04. The highest BCUT2D eigenvalue weighted by Gasteiger charge is 2.33. The van der Waals surface area contributed by atoms with Crippen molar-refractivity contribution in [3.63, 3.8) is 0 Å². The molecule has 4 rings (SSSR count). The standard InChI is InChI=1S/C22H25N3O3/c1-3-15-7-9-16(10-8-15)19-13-23-11-12-25(19)22(27)17-5-4-6-18-20(17)28-14(2)21(26)24-18/h4-10,14,19,23H,3,11-13H2,1-2H3,(H,24,26). The van der Waals surface area contributed by atoms with E-state index in [1.54, 1.807) is 25.1 Å². The Kier molecular flexibility index (Phi) is 5.05. The number of hydrogen-bond donors (Lipinski definition) is 2. The van der Waals surface area contributed by atoms with Crippen LogP contribution < -0.4 is 15.4 Å². The highest BCUT2D eigenvalue weighted by atomic mass is 16.5. The van der Waals surface area contributed by atoms with Crippen LogP contribution in [0.15, 0.2) is 42.5 Å². The SMILES string of the molecule is CCc1ccc(C2CNCCN2C(=O)c2cccc3c2OC(C)C(=O)N3)cc1. The van der Waals surface area contributed by atoms with Crippen LogP contribution in [0.1, 0.15) is 41.4 Å². The van der Waals surface area contributed by atoms with Crippen LogP contribution in [-0.2, 0) is 11.2 Å². The van der Waals surface area contributed by atoms with E-state index in [1.165, 1.54) is 5.56 Å². The third kappa shape index (κ3) is 3.36. The van der Waals surface area contributed by atoms with E-state index in [1.807, 2.05) is 4.90 Å². The zero-order valence-corrected chi connectivity index (χ0v) is 16.2. The zero-order chi connectivity index (χ0) is 19.7. The van der Waals surface area contributed by atoms with Gasteiger partial charge >= 0.3 is 0 Å². The lowest BCUT2D eigenvalue weighted by molar-refractivity contribution is -0.122. The van der Waals surface area contributed by atoms with Crippen LogP contribution in [0.4, 0.5) is 5.69 Å². The third-order valence-electron chi connectivity index (χ3n) is 5.44. The highest BCUT2D eigenvalue weighted by Crippen LogP contribution is 2.35. The van der Waals surface area contributed by atoms with Crippen LogP contribution in [0.3, 0.4) is 0 Å². The second kappa shape index (κ2) is 7.64. The first-order valence-corrected chi connectivity index (χ1v) is 9.79. The molecule has 0 aliphatic carbocycles. The average molecular weight is 379 g/mol. The molecule has 0 spiro atoms. The number of nitrogens with one attached hydrogen (secondary N) is 2. The fourth-order valence-electron chi connectivity index (χ4n) is 3.77. The molecule has 2 heterocycles. The molecule has 0 bridgehead atoms. The number of hydrogen-bond acceptors (Lipinski definition) is 4. The summed E-state index contributed by atoms with van der Waals surface area (Å²) in [6, 6.07) is 13.7. The molecule has 0 radical (unpaired) electrons. The van der Waals surface area contributed by atoms with E-state index >= 15 is 0 Å². The summed E-state index contributed by atoms with van der Waals surface area (Å²) in [5, 5.41) is 6.21.